The molecule has 1 aromatic rings. The summed E-state index contributed by atoms with van der Waals surface area (Å²) < 4.78 is 0. The lowest BCUT2D eigenvalue weighted by molar-refractivity contribution is 0.0652. The molecule has 1 aliphatic rings. The summed E-state index contributed by atoms with van der Waals surface area (Å²) >= 11 is 0. The average molecular weight is 260 g/mol. The molecular weight excluding hydrogens is 240 g/mol. The van der Waals surface area contributed by atoms with Gasteiger partial charge in [-0.25, -0.2) is 0 Å². The number of nitrogens with zero attached hydrogens (tertiary/aromatic N) is 1. The molecule has 0 aliphatic carbocycles. The number of hydrogen-bond donors (Lipinski definition) is 1. The summed E-state index contributed by atoms with van der Waals surface area (Å²) in [7, 11) is 0. The van der Waals surface area contributed by atoms with Crippen molar-refractivity contribution in [1.82, 2.24) is 10.2 Å². The molecule has 1 heterocycles. The monoisotopic (exact) mass is 260 g/mol. The van der Waals surface area contributed by atoms with Crippen LogP contribution in [0.1, 0.15) is 47.9 Å². The lowest BCUT2D eigenvalue weighted by Crippen LogP contribution is -2.38. The van der Waals surface area contributed by atoms with E-state index in [1.807, 2.05) is 0 Å². The molecule has 0 saturated carbocycles. The third-order valence-corrected chi connectivity index (χ3v) is 3.09. The first kappa shape index (κ1) is 13.7. The summed E-state index contributed by atoms with van der Waals surface area (Å²) in [5, 5.41) is 3.35. The van der Waals surface area contributed by atoms with Gasteiger partial charge < -0.3 is 5.32 Å². The molecule has 0 bridgehead atoms. The van der Waals surface area contributed by atoms with Gasteiger partial charge in [-0.15, -0.1) is 0 Å². The quantitative estimate of drug-likeness (QED) is 0.666. The normalized spacial score (nSPS) is 15.0. The fourth-order valence-electron chi connectivity index (χ4n) is 2.14. The molecule has 2 amide bonds. The molecule has 0 unspecified atom stereocenters. The molecule has 1 aromatic carbocycles. The number of rotatable bonds is 4. The highest BCUT2D eigenvalue weighted by Crippen LogP contribution is 2.22. The predicted octanol–water partition coefficient (Wildman–Crippen LogP) is 2.06. The number of carbonyl (C=O) groups excluding carboxylic acids is 2. The van der Waals surface area contributed by atoms with Crippen molar-refractivity contribution in [2.75, 3.05) is 13.1 Å². The molecule has 1 N–H and O–H groups in total. The fraction of sp³-hybridized carbons (Fsp3) is 0.467. The first-order valence-corrected chi connectivity index (χ1v) is 6.60. The second-order valence-electron chi connectivity index (χ2n) is 5.84. The molecule has 4 heteroatoms. The maximum atomic E-state index is 12.1. The van der Waals surface area contributed by atoms with Crippen molar-refractivity contribution in [3.63, 3.8) is 0 Å². The molecule has 0 radical (unpaired) electrons. The number of nitrogens with one attached hydrogen (secondary N) is 1. The van der Waals surface area contributed by atoms with Gasteiger partial charge in [-0.1, -0.05) is 12.1 Å². The van der Waals surface area contributed by atoms with Crippen LogP contribution in [-0.4, -0.2) is 35.3 Å². The van der Waals surface area contributed by atoms with Gasteiger partial charge in [-0.05, 0) is 45.9 Å². The minimum Gasteiger partial charge on any atom is -0.312 e. The van der Waals surface area contributed by atoms with Crippen LogP contribution in [0.25, 0.3) is 0 Å². The number of benzene rings is 1. The van der Waals surface area contributed by atoms with Gasteiger partial charge in [-0.2, -0.15) is 0 Å². The van der Waals surface area contributed by atoms with Gasteiger partial charge in [0.2, 0.25) is 0 Å². The van der Waals surface area contributed by atoms with E-state index in [1.54, 1.807) is 24.3 Å². The van der Waals surface area contributed by atoms with Crippen molar-refractivity contribution in [1.29, 1.82) is 0 Å². The summed E-state index contributed by atoms with van der Waals surface area (Å²) in [5.74, 6) is -0.340. The summed E-state index contributed by atoms with van der Waals surface area (Å²) in [6.07, 6.45) is 0.767. The van der Waals surface area contributed by atoms with E-state index in [-0.39, 0.29) is 17.4 Å². The average Bonchev–Trinajstić information content (AvgIpc) is 2.58. The van der Waals surface area contributed by atoms with Crippen LogP contribution >= 0.6 is 0 Å². The number of amides is 2. The molecule has 102 valence electrons. The first-order chi connectivity index (χ1) is 8.90. The summed E-state index contributed by atoms with van der Waals surface area (Å²) in [4.78, 5) is 25.5. The lowest BCUT2D eigenvalue weighted by atomic mass is 10.1. The molecule has 4 nitrogen and oxygen atoms in total. The van der Waals surface area contributed by atoms with E-state index >= 15 is 0 Å². The molecular formula is C15H20N2O2. The zero-order valence-electron chi connectivity index (χ0n) is 11.7. The van der Waals surface area contributed by atoms with Gasteiger partial charge in [0.15, 0.2) is 0 Å². The standard InChI is InChI=1S/C15H20N2O2/c1-15(2,3)16-9-6-10-17-13(18)11-7-4-5-8-12(11)14(17)19/h4-5,7-8,16H,6,9-10H2,1-3H3. The van der Waals surface area contributed by atoms with Crippen LogP contribution in [0, 0.1) is 0 Å². The molecule has 19 heavy (non-hydrogen) atoms. The maximum absolute atomic E-state index is 12.1. The van der Waals surface area contributed by atoms with Crippen LogP contribution < -0.4 is 5.32 Å². The third kappa shape index (κ3) is 3.01. The van der Waals surface area contributed by atoms with Crippen LogP contribution in [0.5, 0.6) is 0 Å². The maximum Gasteiger partial charge on any atom is 0.261 e. The summed E-state index contributed by atoms with van der Waals surface area (Å²) in [5.41, 5.74) is 1.11. The van der Waals surface area contributed by atoms with Crippen molar-refractivity contribution < 1.29 is 9.59 Å². The number of hydrogen-bond acceptors (Lipinski definition) is 3. The molecule has 0 fully saturated rings. The van der Waals surface area contributed by atoms with Crippen molar-refractivity contribution >= 4 is 11.8 Å². The Hall–Kier alpha value is -1.68. The SMILES string of the molecule is CC(C)(C)NCCCN1C(=O)c2ccccc2C1=O. The highest BCUT2D eigenvalue weighted by molar-refractivity contribution is 6.21. The Morgan fingerprint density at radius 1 is 1.05 bits per heavy atom. The van der Waals surface area contributed by atoms with E-state index in [0.29, 0.717) is 17.7 Å². The highest BCUT2D eigenvalue weighted by Gasteiger charge is 2.34. The number of carbonyl (C=O) groups is 2. The van der Waals surface area contributed by atoms with E-state index in [4.69, 9.17) is 0 Å². The third-order valence-electron chi connectivity index (χ3n) is 3.09. The Morgan fingerprint density at radius 2 is 1.58 bits per heavy atom. The van der Waals surface area contributed by atoms with Crippen LogP contribution in [0.15, 0.2) is 24.3 Å². The van der Waals surface area contributed by atoms with Gasteiger partial charge in [-0.3, -0.25) is 14.5 Å². The van der Waals surface area contributed by atoms with Gasteiger partial charge >= 0.3 is 0 Å². The molecule has 0 saturated heterocycles. The zero-order chi connectivity index (χ0) is 14.0. The second-order valence-corrected chi connectivity index (χ2v) is 5.84. The van der Waals surface area contributed by atoms with Crippen molar-refractivity contribution in [3.8, 4) is 0 Å². The summed E-state index contributed by atoms with van der Waals surface area (Å²) in [6.45, 7) is 7.53. The van der Waals surface area contributed by atoms with Gasteiger partial charge in [0.25, 0.3) is 11.8 Å². The van der Waals surface area contributed by atoms with Crippen LogP contribution in [-0.2, 0) is 0 Å². The lowest BCUT2D eigenvalue weighted by Gasteiger charge is -2.21. The van der Waals surface area contributed by atoms with E-state index < -0.39 is 0 Å². The van der Waals surface area contributed by atoms with Crippen molar-refractivity contribution in [2.24, 2.45) is 0 Å². The van der Waals surface area contributed by atoms with Crippen molar-refractivity contribution in [3.05, 3.63) is 35.4 Å². The largest absolute Gasteiger partial charge is 0.312 e. The van der Waals surface area contributed by atoms with Gasteiger partial charge in [0.05, 0.1) is 11.1 Å². The van der Waals surface area contributed by atoms with Crippen LogP contribution in [0.3, 0.4) is 0 Å². The molecule has 0 spiro atoms. The van der Waals surface area contributed by atoms with E-state index in [2.05, 4.69) is 26.1 Å². The van der Waals surface area contributed by atoms with Crippen LogP contribution in [0.4, 0.5) is 0 Å². The zero-order valence-corrected chi connectivity index (χ0v) is 11.7. The Balaban J connectivity index is 1.94. The smallest absolute Gasteiger partial charge is 0.261 e. The minimum absolute atomic E-state index is 0.0575. The Kier molecular flexibility index (Phi) is 3.71. The molecule has 1 aliphatic heterocycles. The minimum atomic E-state index is -0.170. The Morgan fingerprint density at radius 3 is 2.05 bits per heavy atom. The molecule has 0 aromatic heterocycles. The van der Waals surface area contributed by atoms with E-state index in [0.717, 1.165) is 13.0 Å². The number of imide groups is 1. The fourth-order valence-corrected chi connectivity index (χ4v) is 2.14. The Labute approximate surface area is 113 Å². The first-order valence-electron chi connectivity index (χ1n) is 6.60. The highest BCUT2D eigenvalue weighted by atomic mass is 16.2. The van der Waals surface area contributed by atoms with Crippen LogP contribution in [0.2, 0.25) is 0 Å². The topological polar surface area (TPSA) is 49.4 Å². The van der Waals surface area contributed by atoms with E-state index in [9.17, 15) is 9.59 Å². The second kappa shape index (κ2) is 5.13. The predicted molar refractivity (Wildman–Crippen MR) is 74.2 cm³/mol. The molecule has 2 rings (SSSR count). The summed E-state index contributed by atoms with van der Waals surface area (Å²) in [6, 6.07) is 7.00. The molecule has 0 atom stereocenters. The van der Waals surface area contributed by atoms with Gasteiger partial charge in [0, 0.05) is 12.1 Å². The van der Waals surface area contributed by atoms with Crippen molar-refractivity contribution in [2.45, 2.75) is 32.7 Å². The number of fused-ring (bicyclic) bond motifs is 1. The Bertz CT molecular complexity index is 468. The van der Waals surface area contributed by atoms with E-state index in [1.165, 1.54) is 4.90 Å². The van der Waals surface area contributed by atoms with Gasteiger partial charge in [0.1, 0.15) is 0 Å².